The first kappa shape index (κ1) is 29.5. The summed E-state index contributed by atoms with van der Waals surface area (Å²) in [5, 5.41) is 19.3. The summed E-state index contributed by atoms with van der Waals surface area (Å²) in [6.45, 7) is 4.35. The SMILES string of the molecule is C#CC1(O)CCC2C3CCC4=CC(=NOCC(=O)NC(Cc5c[nH]c6ccccc56)C(=O)OC)CCC4(C)C3CCC21C. The van der Waals surface area contributed by atoms with Crippen molar-refractivity contribution in [3.8, 4) is 12.3 Å². The normalized spacial score (nSPS) is 34.7. The zero-order chi connectivity index (χ0) is 30.4. The Bertz CT molecular complexity index is 1520. The van der Waals surface area contributed by atoms with Gasteiger partial charge in [-0.3, -0.25) is 4.79 Å². The number of carbonyl (C=O) groups is 2. The molecule has 0 spiro atoms. The number of oxime groups is 1. The number of nitrogens with zero attached hydrogens (tertiary/aromatic N) is 1. The highest BCUT2D eigenvalue weighted by Crippen LogP contribution is 2.67. The van der Waals surface area contributed by atoms with Gasteiger partial charge in [0.2, 0.25) is 0 Å². The molecule has 0 radical (unpaired) electrons. The third-order valence-corrected chi connectivity index (χ3v) is 11.7. The van der Waals surface area contributed by atoms with Crippen LogP contribution in [0.15, 0.2) is 47.3 Å². The Morgan fingerprint density at radius 3 is 2.74 bits per heavy atom. The lowest BCUT2D eigenvalue weighted by molar-refractivity contribution is -0.145. The van der Waals surface area contributed by atoms with Crippen LogP contribution in [0.1, 0.15) is 70.8 Å². The monoisotopic (exact) mass is 585 g/mol. The van der Waals surface area contributed by atoms with Crippen LogP contribution in [0.4, 0.5) is 0 Å². The number of rotatable bonds is 7. The lowest BCUT2D eigenvalue weighted by Gasteiger charge is -2.58. The summed E-state index contributed by atoms with van der Waals surface area (Å²) in [7, 11) is 1.31. The molecule has 2 aromatic rings. The predicted molar refractivity (Wildman–Crippen MR) is 165 cm³/mol. The smallest absolute Gasteiger partial charge is 0.328 e. The number of H-pyrrole nitrogens is 1. The maximum absolute atomic E-state index is 12.8. The van der Waals surface area contributed by atoms with Gasteiger partial charge in [-0.1, -0.05) is 48.7 Å². The van der Waals surface area contributed by atoms with E-state index in [0.717, 1.165) is 67.1 Å². The Morgan fingerprint density at radius 1 is 1.16 bits per heavy atom. The maximum atomic E-state index is 12.8. The van der Waals surface area contributed by atoms with Gasteiger partial charge in [-0.25, -0.2) is 4.79 Å². The van der Waals surface area contributed by atoms with Crippen LogP contribution in [0.5, 0.6) is 0 Å². The van der Waals surface area contributed by atoms with Gasteiger partial charge in [0.05, 0.1) is 12.8 Å². The maximum Gasteiger partial charge on any atom is 0.328 e. The highest BCUT2D eigenvalue weighted by molar-refractivity contribution is 5.96. The number of fused-ring (bicyclic) bond motifs is 6. The molecule has 228 valence electrons. The number of allylic oxidation sites excluding steroid dienone is 2. The number of methoxy groups -OCH3 is 1. The first-order valence-electron chi connectivity index (χ1n) is 15.6. The largest absolute Gasteiger partial charge is 0.467 e. The Kier molecular flexibility index (Phi) is 7.66. The lowest BCUT2D eigenvalue weighted by Crippen LogP contribution is -2.54. The number of para-hydroxylation sites is 1. The molecule has 0 bridgehead atoms. The molecule has 3 saturated carbocycles. The minimum Gasteiger partial charge on any atom is -0.467 e. The van der Waals surface area contributed by atoms with Gasteiger partial charge in [0.15, 0.2) is 6.61 Å². The van der Waals surface area contributed by atoms with Crippen LogP contribution in [0, 0.1) is 40.9 Å². The van der Waals surface area contributed by atoms with Gasteiger partial charge in [0.1, 0.15) is 11.6 Å². The summed E-state index contributed by atoms with van der Waals surface area (Å²) in [4.78, 5) is 33.9. The minimum absolute atomic E-state index is 0.105. The second-order valence-corrected chi connectivity index (χ2v) is 13.6. The number of nitrogens with one attached hydrogen (secondary N) is 2. The van der Waals surface area contributed by atoms with Crippen LogP contribution < -0.4 is 5.32 Å². The van der Waals surface area contributed by atoms with E-state index in [-0.39, 0.29) is 17.4 Å². The third-order valence-electron chi connectivity index (χ3n) is 11.7. The van der Waals surface area contributed by atoms with Crippen LogP contribution in [0.2, 0.25) is 0 Å². The molecule has 7 atom stereocenters. The first-order valence-corrected chi connectivity index (χ1v) is 15.6. The molecule has 4 aliphatic carbocycles. The molecule has 8 nitrogen and oxygen atoms in total. The third kappa shape index (κ3) is 4.96. The summed E-state index contributed by atoms with van der Waals surface area (Å²) in [5.41, 5.74) is 3.08. The van der Waals surface area contributed by atoms with Gasteiger partial charge >= 0.3 is 5.97 Å². The first-order chi connectivity index (χ1) is 20.6. The fourth-order valence-corrected chi connectivity index (χ4v) is 9.16. The summed E-state index contributed by atoms with van der Waals surface area (Å²) >= 11 is 0. The van der Waals surface area contributed by atoms with Crippen molar-refractivity contribution in [1.82, 2.24) is 10.3 Å². The molecule has 4 aliphatic rings. The molecular formula is C35H43N3O5. The van der Waals surface area contributed by atoms with Crippen molar-refractivity contribution in [2.24, 2.45) is 33.7 Å². The highest BCUT2D eigenvalue weighted by atomic mass is 16.6. The molecule has 3 N–H and O–H groups in total. The van der Waals surface area contributed by atoms with Crippen molar-refractivity contribution in [2.75, 3.05) is 13.7 Å². The van der Waals surface area contributed by atoms with E-state index in [2.05, 4.69) is 41.3 Å². The van der Waals surface area contributed by atoms with Crippen molar-refractivity contribution >= 4 is 28.5 Å². The molecule has 0 aliphatic heterocycles. The van der Waals surface area contributed by atoms with Crippen LogP contribution in [-0.2, 0) is 25.6 Å². The summed E-state index contributed by atoms with van der Waals surface area (Å²) in [6.07, 6.45) is 17.8. The second kappa shape index (κ2) is 11.2. The van der Waals surface area contributed by atoms with Crippen molar-refractivity contribution in [1.29, 1.82) is 0 Å². The van der Waals surface area contributed by atoms with Gasteiger partial charge in [0, 0.05) is 28.9 Å². The van der Waals surface area contributed by atoms with Crippen LogP contribution in [0.25, 0.3) is 10.9 Å². The Balaban J connectivity index is 1.08. The number of aliphatic hydroxyl groups is 1. The highest BCUT2D eigenvalue weighted by Gasteiger charge is 2.63. The molecular weight excluding hydrogens is 542 g/mol. The van der Waals surface area contributed by atoms with E-state index >= 15 is 0 Å². The molecule has 1 amide bonds. The summed E-state index contributed by atoms with van der Waals surface area (Å²) in [6, 6.07) is 6.98. The number of ether oxygens (including phenoxy) is 1. The van der Waals surface area contributed by atoms with E-state index in [0.29, 0.717) is 30.6 Å². The van der Waals surface area contributed by atoms with E-state index in [1.165, 1.54) is 12.7 Å². The number of esters is 1. The van der Waals surface area contributed by atoms with E-state index < -0.39 is 23.5 Å². The predicted octanol–water partition coefficient (Wildman–Crippen LogP) is 5.07. The number of aromatic nitrogens is 1. The number of aromatic amines is 1. The molecule has 0 saturated heterocycles. The number of hydrogen-bond acceptors (Lipinski definition) is 6. The molecule has 1 aromatic heterocycles. The Labute approximate surface area is 253 Å². The topological polar surface area (TPSA) is 113 Å². The zero-order valence-electron chi connectivity index (χ0n) is 25.4. The number of amides is 1. The molecule has 8 heteroatoms. The van der Waals surface area contributed by atoms with Crippen LogP contribution in [0.3, 0.4) is 0 Å². The van der Waals surface area contributed by atoms with Gasteiger partial charge in [-0.15, -0.1) is 6.42 Å². The number of carbonyl (C=O) groups excluding carboxylic acids is 2. The van der Waals surface area contributed by atoms with Crippen molar-refractivity contribution in [3.05, 3.63) is 47.7 Å². The fraction of sp³-hybridized carbons (Fsp3) is 0.571. The van der Waals surface area contributed by atoms with Gasteiger partial charge < -0.3 is 25.0 Å². The Hall–Kier alpha value is -3.57. The van der Waals surface area contributed by atoms with Crippen molar-refractivity contribution in [2.45, 2.75) is 83.3 Å². The molecule has 3 fully saturated rings. The van der Waals surface area contributed by atoms with Crippen molar-refractivity contribution < 1.29 is 24.3 Å². The quantitative estimate of drug-likeness (QED) is 0.239. The van der Waals surface area contributed by atoms with E-state index in [4.69, 9.17) is 16.0 Å². The fourth-order valence-electron chi connectivity index (χ4n) is 9.16. The minimum atomic E-state index is -0.983. The van der Waals surface area contributed by atoms with Crippen LogP contribution >= 0.6 is 0 Å². The van der Waals surface area contributed by atoms with Gasteiger partial charge in [-0.2, -0.15) is 0 Å². The zero-order valence-corrected chi connectivity index (χ0v) is 25.4. The number of terminal acetylenes is 1. The van der Waals surface area contributed by atoms with E-state index in [9.17, 15) is 14.7 Å². The molecule has 43 heavy (non-hydrogen) atoms. The summed E-state index contributed by atoms with van der Waals surface area (Å²) in [5.74, 6) is 3.45. The number of benzene rings is 1. The average molecular weight is 586 g/mol. The average Bonchev–Trinajstić information content (AvgIpc) is 3.54. The van der Waals surface area contributed by atoms with Crippen molar-refractivity contribution in [3.63, 3.8) is 0 Å². The lowest BCUT2D eigenvalue weighted by atomic mass is 9.46. The second-order valence-electron chi connectivity index (χ2n) is 13.6. The van der Waals surface area contributed by atoms with E-state index in [1.807, 2.05) is 30.5 Å². The molecule has 1 heterocycles. The summed E-state index contributed by atoms with van der Waals surface area (Å²) < 4.78 is 4.95. The molecule has 7 unspecified atom stereocenters. The van der Waals surface area contributed by atoms with E-state index in [1.54, 1.807) is 0 Å². The van der Waals surface area contributed by atoms with Crippen LogP contribution in [-0.4, -0.2) is 53.0 Å². The number of hydrogen-bond donors (Lipinski definition) is 3. The van der Waals surface area contributed by atoms with Gasteiger partial charge in [0.25, 0.3) is 5.91 Å². The standard InChI is InChI=1S/C35H43N3O5/c1-5-35(41)17-14-28-26-11-10-23-19-24(12-15-33(23,2)27(26)13-16-34(28,35)3)38-43-21-31(39)37-30(32(40)42-4)18-22-20-36-29-9-7-6-8-25(22)29/h1,6-9,19-20,26-28,30,36,41H,10-18,21H2,2-4H3,(H,37,39). The molecule has 1 aromatic carbocycles. The van der Waals surface area contributed by atoms with Gasteiger partial charge in [-0.05, 0) is 92.2 Å². The molecule has 6 rings (SSSR count). The Morgan fingerprint density at radius 2 is 1.95 bits per heavy atom.